The molecule has 4 aromatic heterocycles. The summed E-state index contributed by atoms with van der Waals surface area (Å²) in [5, 5.41) is 5.48. The first-order chi connectivity index (χ1) is 16.5. The van der Waals surface area contributed by atoms with Gasteiger partial charge in [-0.1, -0.05) is 13.0 Å². The summed E-state index contributed by atoms with van der Waals surface area (Å²) in [7, 11) is 3.56. The molecule has 2 unspecified atom stereocenters. The summed E-state index contributed by atoms with van der Waals surface area (Å²) in [6.45, 7) is 4.19. The topological polar surface area (TPSA) is 94.7 Å². The van der Waals surface area contributed by atoms with Crippen molar-refractivity contribution in [1.82, 2.24) is 34.7 Å². The van der Waals surface area contributed by atoms with E-state index in [1.807, 2.05) is 28.9 Å². The molecule has 0 aromatic carbocycles. The zero-order chi connectivity index (χ0) is 23.8. The summed E-state index contributed by atoms with van der Waals surface area (Å²) < 4.78 is 8.20. The Morgan fingerprint density at radius 2 is 1.94 bits per heavy atom. The van der Waals surface area contributed by atoms with E-state index in [-0.39, 0.29) is 12.1 Å². The largest absolute Gasteiger partial charge is 0.480 e. The van der Waals surface area contributed by atoms with Crippen molar-refractivity contribution in [3.63, 3.8) is 0 Å². The Morgan fingerprint density at radius 3 is 2.56 bits per heavy atom. The van der Waals surface area contributed by atoms with E-state index < -0.39 is 0 Å². The van der Waals surface area contributed by atoms with Gasteiger partial charge in [0, 0.05) is 37.3 Å². The van der Waals surface area contributed by atoms with Crippen LogP contribution in [0.5, 0.6) is 5.88 Å². The highest BCUT2D eigenvalue weighted by Crippen LogP contribution is 2.39. The van der Waals surface area contributed by atoms with Gasteiger partial charge in [0.2, 0.25) is 11.8 Å². The van der Waals surface area contributed by atoms with E-state index in [1.165, 1.54) is 18.5 Å². The lowest BCUT2D eigenvalue weighted by atomic mass is 10.1. The molecule has 1 saturated carbocycles. The van der Waals surface area contributed by atoms with Gasteiger partial charge < -0.3 is 9.64 Å². The number of anilines is 1. The smallest absolute Gasteiger partial charge is 0.231 e. The average Bonchev–Trinajstić information content (AvgIpc) is 3.67. The van der Waals surface area contributed by atoms with E-state index in [0.29, 0.717) is 28.0 Å². The molecule has 4 heterocycles. The lowest BCUT2D eigenvalue weighted by molar-refractivity contribution is 0.401. The number of aromatic nitrogens is 7. The van der Waals surface area contributed by atoms with Gasteiger partial charge in [-0.05, 0) is 59.8 Å². The maximum Gasteiger partial charge on any atom is 0.231 e. The molecule has 0 radical (unpaired) electrons. The number of methoxy groups -OCH3 is 1. The fraction of sp³-hybridized carbons (Fsp3) is 0.417. The molecule has 176 valence electrons. The van der Waals surface area contributed by atoms with Crippen molar-refractivity contribution in [2.75, 3.05) is 19.1 Å². The van der Waals surface area contributed by atoms with Gasteiger partial charge in [-0.25, -0.2) is 14.6 Å². The zero-order valence-corrected chi connectivity index (χ0v) is 21.3. The van der Waals surface area contributed by atoms with Crippen LogP contribution in [0.2, 0.25) is 0 Å². The first kappa shape index (κ1) is 22.6. The van der Waals surface area contributed by atoms with Gasteiger partial charge in [0.25, 0.3) is 0 Å². The Balaban J connectivity index is 1.56. The van der Waals surface area contributed by atoms with Crippen molar-refractivity contribution in [3.05, 3.63) is 58.5 Å². The van der Waals surface area contributed by atoms with Crippen LogP contribution in [-0.2, 0) is 0 Å². The number of nitrogens with zero attached hydrogens (tertiary/aromatic N) is 8. The van der Waals surface area contributed by atoms with Crippen LogP contribution in [0.4, 0.5) is 5.95 Å². The quantitative estimate of drug-likeness (QED) is 0.323. The maximum atomic E-state index is 5.66. The fourth-order valence-electron chi connectivity index (χ4n) is 4.21. The summed E-state index contributed by atoms with van der Waals surface area (Å²) in [5.74, 6) is 2.33. The molecule has 0 bridgehead atoms. The highest BCUT2D eigenvalue weighted by atomic mass is 79.9. The lowest BCUT2D eigenvalue weighted by Crippen LogP contribution is -2.27. The molecule has 0 amide bonds. The second kappa shape index (κ2) is 9.25. The molecule has 9 nitrogen and oxygen atoms in total. The SMILES string of the molecule is CCC(c1ncccn1)N(C)c1nc(OC)c2c(Br)nn(C(C)c3ccc(C4CC4)nc3)c2n1. The fourth-order valence-corrected chi connectivity index (χ4v) is 4.73. The van der Waals surface area contributed by atoms with Crippen LogP contribution in [0.3, 0.4) is 0 Å². The Bertz CT molecular complexity index is 1290. The second-order valence-corrected chi connectivity index (χ2v) is 9.33. The van der Waals surface area contributed by atoms with E-state index in [1.54, 1.807) is 19.5 Å². The van der Waals surface area contributed by atoms with Crippen LogP contribution >= 0.6 is 15.9 Å². The normalized spacial score (nSPS) is 15.3. The van der Waals surface area contributed by atoms with Gasteiger partial charge in [0.05, 0.1) is 19.2 Å². The van der Waals surface area contributed by atoms with Crippen LogP contribution < -0.4 is 9.64 Å². The molecule has 2 atom stereocenters. The second-order valence-electron chi connectivity index (χ2n) is 8.58. The van der Waals surface area contributed by atoms with E-state index in [4.69, 9.17) is 19.8 Å². The number of ether oxygens (including phenoxy) is 1. The van der Waals surface area contributed by atoms with E-state index in [0.717, 1.165) is 23.2 Å². The molecule has 0 N–H and O–H groups in total. The number of rotatable bonds is 8. The van der Waals surface area contributed by atoms with Gasteiger partial charge in [-0.15, -0.1) is 0 Å². The minimum absolute atomic E-state index is 0.0771. The van der Waals surface area contributed by atoms with Crippen molar-refractivity contribution >= 4 is 32.9 Å². The number of hydrogen-bond acceptors (Lipinski definition) is 8. The van der Waals surface area contributed by atoms with Crippen LogP contribution in [0.1, 0.15) is 68.2 Å². The Labute approximate surface area is 206 Å². The van der Waals surface area contributed by atoms with Crippen molar-refractivity contribution in [2.24, 2.45) is 0 Å². The number of pyridine rings is 1. The molecule has 0 spiro atoms. The third-order valence-corrected chi connectivity index (χ3v) is 6.92. The molecule has 5 rings (SSSR count). The van der Waals surface area contributed by atoms with E-state index in [2.05, 4.69) is 56.9 Å². The minimum atomic E-state index is -0.0836. The molecule has 34 heavy (non-hydrogen) atoms. The summed E-state index contributed by atoms with van der Waals surface area (Å²) in [4.78, 5) is 25.2. The third kappa shape index (κ3) is 4.11. The van der Waals surface area contributed by atoms with Crippen molar-refractivity contribution < 1.29 is 4.74 Å². The van der Waals surface area contributed by atoms with Gasteiger partial charge in [-0.3, -0.25) is 4.98 Å². The molecule has 0 saturated heterocycles. The summed E-state index contributed by atoms with van der Waals surface area (Å²) >= 11 is 3.59. The summed E-state index contributed by atoms with van der Waals surface area (Å²) in [5.41, 5.74) is 2.92. The number of fused-ring (bicyclic) bond motifs is 1. The van der Waals surface area contributed by atoms with Crippen LogP contribution in [0.15, 0.2) is 41.4 Å². The molecule has 10 heteroatoms. The van der Waals surface area contributed by atoms with Gasteiger partial charge in [0.1, 0.15) is 9.99 Å². The molecule has 1 aliphatic carbocycles. The van der Waals surface area contributed by atoms with Gasteiger partial charge >= 0.3 is 0 Å². The lowest BCUT2D eigenvalue weighted by Gasteiger charge is -2.26. The average molecular weight is 523 g/mol. The number of hydrogen-bond donors (Lipinski definition) is 0. The highest BCUT2D eigenvalue weighted by Gasteiger charge is 2.27. The predicted molar refractivity (Wildman–Crippen MR) is 133 cm³/mol. The molecular weight excluding hydrogens is 496 g/mol. The standard InChI is InChI=1S/C24H27BrN8O/c1-5-18(21-26-11-6-12-27-21)32(3)24-29-22-19(23(30-24)34-4)20(25)31-33(22)14(2)16-9-10-17(28-13-16)15-7-8-15/h6,9-15,18H,5,7-8H2,1-4H3. The first-order valence-corrected chi connectivity index (χ1v) is 12.3. The van der Waals surface area contributed by atoms with Crippen LogP contribution in [0.25, 0.3) is 11.0 Å². The minimum Gasteiger partial charge on any atom is -0.480 e. The van der Waals surface area contributed by atoms with Crippen LogP contribution in [0, 0.1) is 0 Å². The van der Waals surface area contributed by atoms with E-state index >= 15 is 0 Å². The number of halogens is 1. The Kier molecular flexibility index (Phi) is 6.16. The van der Waals surface area contributed by atoms with Crippen molar-refractivity contribution in [3.8, 4) is 5.88 Å². The monoisotopic (exact) mass is 522 g/mol. The van der Waals surface area contributed by atoms with Gasteiger partial charge in [0.15, 0.2) is 11.5 Å². The Hall–Kier alpha value is -3.14. The molecule has 1 aliphatic rings. The summed E-state index contributed by atoms with van der Waals surface area (Å²) in [6.07, 6.45) is 8.71. The molecular formula is C24H27BrN8O. The predicted octanol–water partition coefficient (Wildman–Crippen LogP) is 4.86. The molecule has 1 fully saturated rings. The van der Waals surface area contributed by atoms with E-state index in [9.17, 15) is 0 Å². The zero-order valence-electron chi connectivity index (χ0n) is 19.7. The highest BCUT2D eigenvalue weighted by molar-refractivity contribution is 9.10. The Morgan fingerprint density at radius 1 is 1.18 bits per heavy atom. The first-order valence-electron chi connectivity index (χ1n) is 11.5. The third-order valence-electron chi connectivity index (χ3n) is 6.36. The summed E-state index contributed by atoms with van der Waals surface area (Å²) in [6, 6.07) is 5.92. The van der Waals surface area contributed by atoms with Crippen LogP contribution in [-0.4, -0.2) is 48.9 Å². The molecule has 4 aromatic rings. The maximum absolute atomic E-state index is 5.66. The van der Waals surface area contributed by atoms with Gasteiger partial charge in [-0.2, -0.15) is 15.1 Å². The molecule has 0 aliphatic heterocycles. The van der Waals surface area contributed by atoms with Crippen molar-refractivity contribution in [1.29, 1.82) is 0 Å². The van der Waals surface area contributed by atoms with Crippen molar-refractivity contribution in [2.45, 2.75) is 51.1 Å².